The van der Waals surface area contributed by atoms with Crippen LogP contribution in [0.4, 0.5) is 0 Å². The molecule has 0 spiro atoms. The van der Waals surface area contributed by atoms with Crippen LogP contribution in [-0.4, -0.2) is 36.6 Å². The highest BCUT2D eigenvalue weighted by molar-refractivity contribution is 5.09. The van der Waals surface area contributed by atoms with E-state index in [1.165, 1.54) is 17.9 Å². The number of aryl methyl sites for hydroxylation is 1. The van der Waals surface area contributed by atoms with Crippen molar-refractivity contribution in [1.82, 2.24) is 24.6 Å². The van der Waals surface area contributed by atoms with Crippen LogP contribution in [0.25, 0.3) is 0 Å². The van der Waals surface area contributed by atoms with Crippen LogP contribution in [0.1, 0.15) is 30.8 Å². The summed E-state index contributed by atoms with van der Waals surface area (Å²) in [6.07, 6.45) is 9.66. The van der Waals surface area contributed by atoms with Gasteiger partial charge in [0.1, 0.15) is 5.82 Å². The number of aliphatic hydroxyl groups is 1. The summed E-state index contributed by atoms with van der Waals surface area (Å²) < 4.78 is 4.28. The first-order valence-corrected chi connectivity index (χ1v) is 8.22. The van der Waals surface area contributed by atoms with Gasteiger partial charge in [0.2, 0.25) is 0 Å². The molecule has 2 aromatic heterocycles. The van der Waals surface area contributed by atoms with Crippen LogP contribution in [0.5, 0.6) is 0 Å². The molecule has 1 saturated carbocycles. The van der Waals surface area contributed by atoms with E-state index in [0.29, 0.717) is 5.92 Å². The molecule has 6 nitrogen and oxygen atoms in total. The van der Waals surface area contributed by atoms with Gasteiger partial charge in [-0.25, -0.2) is 4.98 Å². The van der Waals surface area contributed by atoms with Gasteiger partial charge in [-0.3, -0.25) is 4.68 Å². The number of aromatic nitrogens is 4. The Morgan fingerprint density at radius 1 is 1.36 bits per heavy atom. The molecule has 3 heterocycles. The highest BCUT2D eigenvalue weighted by Crippen LogP contribution is 2.28. The van der Waals surface area contributed by atoms with Crippen LogP contribution in [0.15, 0.2) is 24.7 Å². The van der Waals surface area contributed by atoms with Gasteiger partial charge < -0.3 is 15.0 Å². The zero-order valence-corrected chi connectivity index (χ0v) is 12.7. The van der Waals surface area contributed by atoms with Gasteiger partial charge in [0, 0.05) is 50.7 Å². The summed E-state index contributed by atoms with van der Waals surface area (Å²) in [5.74, 6) is 1.70. The maximum atomic E-state index is 10.3. The first-order valence-electron chi connectivity index (χ1n) is 8.22. The van der Waals surface area contributed by atoms with Crippen molar-refractivity contribution >= 4 is 0 Å². The number of rotatable bonds is 5. The van der Waals surface area contributed by atoms with Gasteiger partial charge in [-0.15, -0.1) is 0 Å². The molecule has 4 rings (SSSR count). The third-order valence-corrected chi connectivity index (χ3v) is 4.98. The van der Waals surface area contributed by atoms with Gasteiger partial charge in [-0.05, 0) is 31.2 Å². The maximum Gasteiger partial charge on any atom is 0.108 e. The molecule has 6 heteroatoms. The van der Waals surface area contributed by atoms with E-state index in [-0.39, 0.29) is 12.1 Å². The lowest BCUT2D eigenvalue weighted by Gasteiger charge is -2.16. The number of imidazole rings is 1. The van der Waals surface area contributed by atoms with E-state index in [1.54, 1.807) is 6.20 Å². The van der Waals surface area contributed by atoms with Gasteiger partial charge in [0.05, 0.1) is 11.8 Å². The Kier molecular flexibility index (Phi) is 3.72. The van der Waals surface area contributed by atoms with Crippen LogP contribution in [0.3, 0.4) is 0 Å². The fourth-order valence-corrected chi connectivity index (χ4v) is 3.86. The van der Waals surface area contributed by atoms with Crippen molar-refractivity contribution in [3.05, 3.63) is 36.2 Å². The molecule has 1 aliphatic heterocycles. The van der Waals surface area contributed by atoms with Crippen LogP contribution >= 0.6 is 0 Å². The second kappa shape index (κ2) is 5.85. The minimum absolute atomic E-state index is 0.174. The molecule has 1 fully saturated rings. The van der Waals surface area contributed by atoms with Crippen molar-refractivity contribution in [2.24, 2.45) is 5.92 Å². The summed E-state index contributed by atoms with van der Waals surface area (Å²) in [6, 6.07) is 2.12. The molecule has 0 bridgehead atoms. The zero-order chi connectivity index (χ0) is 14.9. The normalized spacial score (nSPS) is 27.4. The van der Waals surface area contributed by atoms with Gasteiger partial charge >= 0.3 is 0 Å². The van der Waals surface area contributed by atoms with E-state index in [0.717, 1.165) is 38.9 Å². The summed E-state index contributed by atoms with van der Waals surface area (Å²) in [4.78, 5) is 4.47. The molecule has 0 amide bonds. The number of nitrogens with one attached hydrogen (secondary N) is 1. The summed E-state index contributed by atoms with van der Waals surface area (Å²) >= 11 is 0. The third-order valence-electron chi connectivity index (χ3n) is 4.98. The number of fused-ring (bicyclic) bond motifs is 1. The van der Waals surface area contributed by atoms with E-state index in [1.807, 2.05) is 23.1 Å². The molecule has 22 heavy (non-hydrogen) atoms. The van der Waals surface area contributed by atoms with Crippen LogP contribution in [0, 0.1) is 5.92 Å². The van der Waals surface area contributed by atoms with E-state index < -0.39 is 0 Å². The SMILES string of the molecule is O[C@@H]1CC(Cn2cccn2)C[C@H]1NCc1cnc2n1CCC2. The number of hydrogen-bond donors (Lipinski definition) is 2. The molecule has 2 aliphatic rings. The molecule has 2 aromatic rings. The lowest BCUT2D eigenvalue weighted by Crippen LogP contribution is -2.35. The number of hydrogen-bond acceptors (Lipinski definition) is 4. The Labute approximate surface area is 130 Å². The standard InChI is InChI=1S/C16H23N5O/c22-15-8-12(11-20-5-2-4-19-20)7-14(15)17-9-13-10-18-16-3-1-6-21(13)16/h2,4-5,10,12,14-15,17,22H,1,3,6-9,11H2/t12?,14-,15-/m1/s1. The van der Waals surface area contributed by atoms with Gasteiger partial charge in [-0.2, -0.15) is 5.10 Å². The van der Waals surface area contributed by atoms with Crippen molar-refractivity contribution in [1.29, 1.82) is 0 Å². The molecule has 2 N–H and O–H groups in total. The van der Waals surface area contributed by atoms with Crippen molar-refractivity contribution in [3.63, 3.8) is 0 Å². The minimum atomic E-state index is -0.262. The second-order valence-electron chi connectivity index (χ2n) is 6.54. The molecule has 1 aliphatic carbocycles. The highest BCUT2D eigenvalue weighted by Gasteiger charge is 2.33. The Balaban J connectivity index is 1.33. The predicted octanol–water partition coefficient (Wildman–Crippen LogP) is 0.955. The van der Waals surface area contributed by atoms with E-state index in [2.05, 4.69) is 20.0 Å². The van der Waals surface area contributed by atoms with Gasteiger partial charge in [0.15, 0.2) is 0 Å². The Morgan fingerprint density at radius 2 is 2.32 bits per heavy atom. The second-order valence-corrected chi connectivity index (χ2v) is 6.54. The first kappa shape index (κ1) is 14.0. The fraction of sp³-hybridized carbons (Fsp3) is 0.625. The zero-order valence-electron chi connectivity index (χ0n) is 12.7. The Bertz CT molecular complexity index is 621. The van der Waals surface area contributed by atoms with Gasteiger partial charge in [-0.1, -0.05) is 0 Å². The predicted molar refractivity (Wildman–Crippen MR) is 82.1 cm³/mol. The quantitative estimate of drug-likeness (QED) is 0.863. The summed E-state index contributed by atoms with van der Waals surface area (Å²) in [5, 5.41) is 18.1. The monoisotopic (exact) mass is 301 g/mol. The number of aliphatic hydroxyl groups excluding tert-OH is 1. The molecule has 0 saturated heterocycles. The van der Waals surface area contributed by atoms with Crippen molar-refractivity contribution in [3.8, 4) is 0 Å². The molecule has 1 unspecified atom stereocenters. The molecule has 118 valence electrons. The largest absolute Gasteiger partial charge is 0.391 e. The average molecular weight is 301 g/mol. The molecule has 3 atom stereocenters. The molecular weight excluding hydrogens is 278 g/mol. The summed E-state index contributed by atoms with van der Waals surface area (Å²) in [7, 11) is 0. The van der Waals surface area contributed by atoms with Crippen molar-refractivity contribution < 1.29 is 5.11 Å². The van der Waals surface area contributed by atoms with E-state index in [9.17, 15) is 5.11 Å². The summed E-state index contributed by atoms with van der Waals surface area (Å²) in [5.41, 5.74) is 1.25. The van der Waals surface area contributed by atoms with Crippen LogP contribution < -0.4 is 5.32 Å². The lowest BCUT2D eigenvalue weighted by molar-refractivity contribution is 0.145. The molecular formula is C16H23N5O. The van der Waals surface area contributed by atoms with Crippen molar-refractivity contribution in [2.75, 3.05) is 0 Å². The number of nitrogens with zero attached hydrogens (tertiary/aromatic N) is 4. The smallest absolute Gasteiger partial charge is 0.108 e. The Morgan fingerprint density at radius 3 is 3.18 bits per heavy atom. The van der Waals surface area contributed by atoms with Crippen LogP contribution in [-0.2, 0) is 26.1 Å². The van der Waals surface area contributed by atoms with Crippen molar-refractivity contribution in [2.45, 2.75) is 57.5 Å². The minimum Gasteiger partial charge on any atom is -0.391 e. The van der Waals surface area contributed by atoms with Gasteiger partial charge in [0.25, 0.3) is 0 Å². The van der Waals surface area contributed by atoms with E-state index in [4.69, 9.17) is 0 Å². The highest BCUT2D eigenvalue weighted by atomic mass is 16.3. The first-order chi connectivity index (χ1) is 10.8. The Hall–Kier alpha value is -1.66. The fourth-order valence-electron chi connectivity index (χ4n) is 3.86. The molecule has 0 aromatic carbocycles. The van der Waals surface area contributed by atoms with E-state index >= 15 is 0 Å². The molecule has 0 radical (unpaired) electrons. The summed E-state index contributed by atoms with van der Waals surface area (Å²) in [6.45, 7) is 2.77. The maximum absolute atomic E-state index is 10.3. The lowest BCUT2D eigenvalue weighted by atomic mass is 10.1. The third kappa shape index (κ3) is 2.68. The average Bonchev–Trinajstić information content (AvgIpc) is 3.23. The van der Waals surface area contributed by atoms with Crippen LogP contribution in [0.2, 0.25) is 0 Å². The topological polar surface area (TPSA) is 67.9 Å².